The number of amides is 1. The highest BCUT2D eigenvalue weighted by atomic mass is 19.1. The van der Waals surface area contributed by atoms with E-state index in [4.69, 9.17) is 11.1 Å². The zero-order valence-electron chi connectivity index (χ0n) is 23.2. The molecule has 11 heteroatoms. The normalized spacial score (nSPS) is 16.9. The van der Waals surface area contributed by atoms with Gasteiger partial charge in [-0.3, -0.25) is 15.1 Å². The zero-order chi connectivity index (χ0) is 30.1. The topological polar surface area (TPSA) is 172 Å². The first-order valence-electron chi connectivity index (χ1n) is 13.4. The number of fused-ring (bicyclic) bond motifs is 1. The lowest BCUT2D eigenvalue weighted by Crippen LogP contribution is -2.42. The molecular weight excluding hydrogens is 529 g/mol. The molecule has 4 atom stereocenters. The predicted molar refractivity (Wildman–Crippen MR) is 154 cm³/mol. The summed E-state index contributed by atoms with van der Waals surface area (Å²) in [5.74, 6) is -2.43. The van der Waals surface area contributed by atoms with Gasteiger partial charge in [0.25, 0.3) is 0 Å². The molecule has 0 aromatic heterocycles. The largest absolute Gasteiger partial charge is 0.480 e. The Morgan fingerprint density at radius 2 is 1.83 bits per heavy atom. The van der Waals surface area contributed by atoms with Gasteiger partial charge in [-0.15, -0.1) is 0 Å². The van der Waals surface area contributed by atoms with Gasteiger partial charge < -0.3 is 31.7 Å². The zero-order valence-corrected chi connectivity index (χ0v) is 23.2. The van der Waals surface area contributed by atoms with E-state index in [2.05, 4.69) is 15.5 Å². The van der Waals surface area contributed by atoms with E-state index in [-0.39, 0.29) is 43.6 Å². The lowest BCUT2D eigenvalue weighted by Gasteiger charge is -2.23. The predicted octanol–water partition coefficient (Wildman–Crippen LogP) is 2.13. The third kappa shape index (κ3) is 8.71. The first-order chi connectivity index (χ1) is 19.5. The molecule has 2 aromatic rings. The molecular formula is C30H38FN5O5. The summed E-state index contributed by atoms with van der Waals surface area (Å²) in [6, 6.07) is 12.9. The Morgan fingerprint density at radius 1 is 1.15 bits per heavy atom. The number of carboxylic acid groups (broad SMARTS) is 1. The number of halogens is 1. The van der Waals surface area contributed by atoms with Crippen LogP contribution < -0.4 is 16.4 Å². The van der Waals surface area contributed by atoms with Crippen molar-refractivity contribution in [1.82, 2.24) is 15.5 Å². The van der Waals surface area contributed by atoms with E-state index in [0.717, 1.165) is 27.8 Å². The summed E-state index contributed by atoms with van der Waals surface area (Å²) in [4.78, 5) is 25.9. The maximum atomic E-state index is 13.7. The Labute approximate surface area is 238 Å². The van der Waals surface area contributed by atoms with E-state index in [0.29, 0.717) is 6.42 Å². The van der Waals surface area contributed by atoms with Gasteiger partial charge in [0.15, 0.2) is 5.96 Å². The minimum atomic E-state index is -1.21. The molecule has 2 aromatic carbocycles. The number of guanidine groups is 1. The molecule has 0 fully saturated rings. The average Bonchev–Trinajstić information content (AvgIpc) is 3.23. The fourth-order valence-electron chi connectivity index (χ4n) is 5.00. The highest BCUT2D eigenvalue weighted by Crippen LogP contribution is 2.46. The third-order valence-electron chi connectivity index (χ3n) is 6.81. The molecule has 220 valence electrons. The summed E-state index contributed by atoms with van der Waals surface area (Å²) in [7, 11) is 3.90. The molecule has 3 rings (SSSR count). The van der Waals surface area contributed by atoms with Gasteiger partial charge in [0.1, 0.15) is 11.9 Å². The third-order valence-corrected chi connectivity index (χ3v) is 6.81. The Hall–Kier alpha value is -4.06. The van der Waals surface area contributed by atoms with Crippen LogP contribution >= 0.6 is 0 Å². The number of rotatable bonds is 14. The highest BCUT2D eigenvalue weighted by molar-refractivity contribution is 5.90. The summed E-state index contributed by atoms with van der Waals surface area (Å²) >= 11 is 0. The molecule has 10 nitrogen and oxygen atoms in total. The number of aliphatic hydroxyl groups excluding tert-OH is 2. The van der Waals surface area contributed by atoms with Gasteiger partial charge in [0.2, 0.25) is 5.91 Å². The van der Waals surface area contributed by atoms with Crippen molar-refractivity contribution in [2.75, 3.05) is 20.6 Å². The van der Waals surface area contributed by atoms with Crippen molar-refractivity contribution in [2.45, 2.75) is 50.0 Å². The lowest BCUT2D eigenvalue weighted by atomic mass is 9.96. The number of aliphatic hydroxyl groups is 2. The maximum absolute atomic E-state index is 13.7. The lowest BCUT2D eigenvalue weighted by molar-refractivity contribution is -0.142. The second-order valence-corrected chi connectivity index (χ2v) is 10.3. The van der Waals surface area contributed by atoms with Crippen molar-refractivity contribution in [3.8, 4) is 0 Å². The highest BCUT2D eigenvalue weighted by Gasteiger charge is 2.32. The van der Waals surface area contributed by atoms with Crippen LogP contribution in [0.5, 0.6) is 0 Å². The number of hydrogen-bond acceptors (Lipinski definition) is 6. The molecule has 0 saturated heterocycles. The Morgan fingerprint density at radius 3 is 2.46 bits per heavy atom. The number of carbonyl (C=O) groups is 2. The minimum absolute atomic E-state index is 0.115. The number of carbonyl (C=O) groups excluding carboxylic acids is 1. The van der Waals surface area contributed by atoms with Crippen molar-refractivity contribution >= 4 is 23.4 Å². The molecule has 0 saturated carbocycles. The molecule has 0 aliphatic heterocycles. The van der Waals surface area contributed by atoms with Crippen LogP contribution in [0.25, 0.3) is 5.57 Å². The van der Waals surface area contributed by atoms with Gasteiger partial charge in [0.05, 0.1) is 24.7 Å². The second kappa shape index (κ2) is 14.5. The van der Waals surface area contributed by atoms with Crippen molar-refractivity contribution in [2.24, 2.45) is 5.73 Å². The number of aliphatic carboxylic acids is 1. The van der Waals surface area contributed by atoms with Crippen LogP contribution in [-0.2, 0) is 9.59 Å². The molecule has 1 aliphatic rings. The standard InChI is InChI=1S/C30H38FN5O5/c1-36(2)28-23-7-4-3-6-22(23)27(18-9-11-19(31)12-10-18)24(28)14-13-20(37)16-21(38)17-26(39)35-25(29(40)41)8-5-15-34-30(32)33/h3-4,6-7,9-14,20-21,25,28,37-38H,5,8,15-17H2,1-2H3,(H,35,39)(H,40,41)(H4,32,33,34)/b14-13+/t20-,21-,25?,28?/m0/s1. The van der Waals surface area contributed by atoms with E-state index in [1.165, 1.54) is 12.1 Å². The number of hydrogen-bond donors (Lipinski definition) is 7. The molecule has 1 amide bonds. The molecule has 41 heavy (non-hydrogen) atoms. The molecule has 1 aliphatic carbocycles. The van der Waals surface area contributed by atoms with Gasteiger partial charge >= 0.3 is 5.97 Å². The van der Waals surface area contributed by atoms with Gasteiger partial charge in [-0.2, -0.15) is 0 Å². The van der Waals surface area contributed by atoms with E-state index >= 15 is 0 Å². The number of carboxylic acids is 1. The van der Waals surface area contributed by atoms with E-state index in [1.54, 1.807) is 24.3 Å². The first kappa shape index (κ1) is 31.5. The van der Waals surface area contributed by atoms with Crippen molar-refractivity contribution in [3.05, 3.63) is 88.8 Å². The Bertz CT molecular complexity index is 1290. The van der Waals surface area contributed by atoms with Crippen LogP contribution in [0.2, 0.25) is 0 Å². The minimum Gasteiger partial charge on any atom is -0.480 e. The number of nitrogens with zero attached hydrogens (tertiary/aromatic N) is 1. The number of benzene rings is 2. The average molecular weight is 568 g/mol. The van der Waals surface area contributed by atoms with E-state index < -0.39 is 30.1 Å². The molecule has 0 heterocycles. The van der Waals surface area contributed by atoms with Crippen molar-refractivity contribution in [1.29, 1.82) is 5.41 Å². The van der Waals surface area contributed by atoms with Crippen LogP contribution in [0.3, 0.4) is 0 Å². The van der Waals surface area contributed by atoms with Crippen LogP contribution in [0.4, 0.5) is 4.39 Å². The fraction of sp³-hybridized carbons (Fsp3) is 0.367. The molecule has 0 spiro atoms. The van der Waals surface area contributed by atoms with Gasteiger partial charge in [0, 0.05) is 13.0 Å². The molecule has 0 radical (unpaired) electrons. The Kier molecular flexibility index (Phi) is 11.2. The van der Waals surface area contributed by atoms with Crippen LogP contribution in [0, 0.1) is 11.2 Å². The van der Waals surface area contributed by atoms with E-state index in [9.17, 15) is 29.3 Å². The number of nitrogens with one attached hydrogen (secondary N) is 3. The molecule has 8 N–H and O–H groups in total. The second-order valence-electron chi connectivity index (χ2n) is 10.3. The molecule has 0 bridgehead atoms. The van der Waals surface area contributed by atoms with Crippen molar-refractivity contribution in [3.63, 3.8) is 0 Å². The van der Waals surface area contributed by atoms with Gasteiger partial charge in [-0.1, -0.05) is 48.6 Å². The van der Waals surface area contributed by atoms with Crippen LogP contribution in [0.15, 0.2) is 66.3 Å². The van der Waals surface area contributed by atoms with Crippen LogP contribution in [-0.4, -0.2) is 76.9 Å². The quantitative estimate of drug-likeness (QED) is 0.103. The monoisotopic (exact) mass is 567 g/mol. The summed E-state index contributed by atoms with van der Waals surface area (Å²) in [5.41, 5.74) is 9.93. The summed E-state index contributed by atoms with van der Waals surface area (Å²) < 4.78 is 13.7. The summed E-state index contributed by atoms with van der Waals surface area (Å²) in [6.45, 7) is 0.287. The van der Waals surface area contributed by atoms with Crippen molar-refractivity contribution < 1.29 is 29.3 Å². The van der Waals surface area contributed by atoms with Crippen LogP contribution in [0.1, 0.15) is 48.4 Å². The maximum Gasteiger partial charge on any atom is 0.326 e. The fourth-order valence-corrected chi connectivity index (χ4v) is 5.00. The number of likely N-dealkylation sites (N-methyl/N-ethyl adjacent to an activating group) is 1. The first-order valence-corrected chi connectivity index (χ1v) is 13.4. The summed E-state index contributed by atoms with van der Waals surface area (Å²) in [5, 5.41) is 42.6. The molecule has 2 unspecified atom stereocenters. The Balaban J connectivity index is 1.69. The SMILES string of the molecule is CN(C)C1C(/C=C/[C@H](O)C[C@H](O)CC(=O)NC(CCCNC(=N)N)C(=O)O)=C(c2ccc(F)cc2)c2ccccc21. The number of nitrogens with two attached hydrogens (primary N) is 1. The summed E-state index contributed by atoms with van der Waals surface area (Å²) in [6.07, 6.45) is 1.03. The van der Waals surface area contributed by atoms with Gasteiger partial charge in [-0.05, 0) is 66.9 Å². The smallest absolute Gasteiger partial charge is 0.326 e. The van der Waals surface area contributed by atoms with E-state index in [1.807, 2.05) is 38.4 Å². The van der Waals surface area contributed by atoms with Gasteiger partial charge in [-0.25, -0.2) is 9.18 Å².